The van der Waals surface area contributed by atoms with Gasteiger partial charge in [0.25, 0.3) is 0 Å². The van der Waals surface area contributed by atoms with Crippen molar-refractivity contribution in [1.82, 2.24) is 0 Å². The number of carbonyl (C=O) groups excluding carboxylic acids is 1. The molecule has 28 atom stereocenters. The molecule has 4 heterocycles. The molecule has 0 aromatic rings. The average molecular weight is 1030 g/mol. The van der Waals surface area contributed by atoms with Crippen molar-refractivity contribution >= 4 is 5.97 Å². The molecule has 0 aromatic heterocycles. The molecule has 5 aliphatic carbocycles. The van der Waals surface area contributed by atoms with Crippen LogP contribution in [-0.2, 0) is 42.7 Å². The zero-order valence-electron chi connectivity index (χ0n) is 42.2. The van der Waals surface area contributed by atoms with Crippen LogP contribution in [0.4, 0.5) is 0 Å². The maximum Gasteiger partial charge on any atom is 0.315 e. The van der Waals surface area contributed by atoms with Crippen LogP contribution in [0.2, 0.25) is 0 Å². The second kappa shape index (κ2) is 20.7. The van der Waals surface area contributed by atoms with Crippen LogP contribution >= 0.6 is 0 Å². The third kappa shape index (κ3) is 9.05. The zero-order chi connectivity index (χ0) is 52.1. The Balaban J connectivity index is 0.952. The number of ether oxygens (including phenoxy) is 8. The summed E-state index contributed by atoms with van der Waals surface area (Å²) in [4.78, 5) is 14.6. The lowest BCUT2D eigenvalue weighted by atomic mass is 9.38. The van der Waals surface area contributed by atoms with E-state index < -0.39 is 153 Å². The quantitative estimate of drug-likeness (QED) is 0.0698. The van der Waals surface area contributed by atoms with Crippen molar-refractivity contribution in [3.05, 3.63) is 11.6 Å². The van der Waals surface area contributed by atoms with E-state index >= 15 is 0 Å². The lowest BCUT2D eigenvalue weighted by Crippen LogP contribution is -2.66. The van der Waals surface area contributed by atoms with Gasteiger partial charge in [0, 0.05) is 0 Å². The molecule has 412 valence electrons. The van der Waals surface area contributed by atoms with Gasteiger partial charge in [-0.15, -0.1) is 0 Å². The minimum atomic E-state index is -1.83. The first-order chi connectivity index (χ1) is 33.9. The standard InChI is InChI=1S/C51H82O21/c1-21-8-7-14-51(47(64)72-45-40(63)37(60)34(57)28(19-53)68-45)17-16-49(5)23-11-12-29-48(3,4)30(13-15-50(29,6)24(23)9-10-25(49)31(21)51)69-46-42(71-43-38(61)35(58)32(55)22(2)66-43)41(26(54)20-65-46)70-44-39(62)36(59)33(56)27(18-52)67-44/h10,21-24,26-46,52-63H,7-9,11-20H2,1-6H3/t21-,22-,23?,24?,26-,27+,28+,29?,30?,31?,32-,33+,34+,35+,36-,37-,38+,39+,40+,41-,42+,43-,44-,45-,46-,49-,50+,51-/m0/s1. The molecule has 0 amide bonds. The lowest BCUT2D eigenvalue weighted by Gasteiger charge is -2.67. The Bertz CT molecular complexity index is 1940. The minimum Gasteiger partial charge on any atom is -0.432 e. The topological polar surface area (TPSA) is 334 Å². The fraction of sp³-hybridized carbons (Fsp3) is 0.941. The maximum absolute atomic E-state index is 14.6. The van der Waals surface area contributed by atoms with Crippen LogP contribution in [-0.4, -0.2) is 210 Å². The molecule has 0 aromatic carbocycles. The van der Waals surface area contributed by atoms with E-state index in [4.69, 9.17) is 37.9 Å². The van der Waals surface area contributed by atoms with Crippen molar-refractivity contribution in [3.63, 3.8) is 0 Å². The van der Waals surface area contributed by atoms with Gasteiger partial charge in [0.1, 0.15) is 85.5 Å². The molecule has 72 heavy (non-hydrogen) atoms. The van der Waals surface area contributed by atoms with E-state index in [0.29, 0.717) is 31.1 Å². The summed E-state index contributed by atoms with van der Waals surface area (Å²) in [6, 6.07) is 0. The normalized spacial score (nSPS) is 54.5. The van der Waals surface area contributed by atoms with E-state index in [1.54, 1.807) is 0 Å². The lowest BCUT2D eigenvalue weighted by molar-refractivity contribution is -0.388. The summed E-state index contributed by atoms with van der Waals surface area (Å²) in [5.41, 5.74) is -0.442. The molecule has 21 nitrogen and oxygen atoms in total. The fourth-order valence-electron chi connectivity index (χ4n) is 15.8. The number of hydrogen-bond acceptors (Lipinski definition) is 21. The Labute approximate surface area is 420 Å². The molecule has 0 bridgehead atoms. The summed E-state index contributed by atoms with van der Waals surface area (Å²) in [6.07, 6.45) is -19.4. The first-order valence-corrected chi connectivity index (χ1v) is 26.4. The van der Waals surface area contributed by atoms with Gasteiger partial charge in [-0.3, -0.25) is 4.79 Å². The van der Waals surface area contributed by atoms with Crippen molar-refractivity contribution in [2.24, 2.45) is 51.2 Å². The third-order valence-corrected chi connectivity index (χ3v) is 19.9. The Morgan fingerprint density at radius 3 is 1.88 bits per heavy atom. The molecule has 0 radical (unpaired) electrons. The van der Waals surface area contributed by atoms with E-state index in [9.17, 15) is 66.1 Å². The maximum atomic E-state index is 14.6. The van der Waals surface area contributed by atoms with Crippen LogP contribution in [0.25, 0.3) is 0 Å². The number of aliphatic hydroxyl groups excluding tert-OH is 12. The van der Waals surface area contributed by atoms with Gasteiger partial charge < -0.3 is 99.2 Å². The molecular weight excluding hydrogens is 949 g/mol. The monoisotopic (exact) mass is 1030 g/mol. The highest BCUT2D eigenvalue weighted by atomic mass is 16.8. The number of allylic oxidation sites excluding steroid dienone is 2. The molecule has 4 saturated carbocycles. The summed E-state index contributed by atoms with van der Waals surface area (Å²) in [6.45, 7) is 11.1. The number of esters is 1. The molecule has 4 saturated heterocycles. The Kier molecular flexibility index (Phi) is 15.9. The third-order valence-electron chi connectivity index (χ3n) is 19.9. The molecule has 21 heteroatoms. The zero-order valence-corrected chi connectivity index (χ0v) is 42.2. The van der Waals surface area contributed by atoms with E-state index in [1.807, 2.05) is 0 Å². The van der Waals surface area contributed by atoms with E-state index in [0.717, 1.165) is 44.9 Å². The van der Waals surface area contributed by atoms with E-state index in [1.165, 1.54) is 12.5 Å². The highest BCUT2D eigenvalue weighted by molar-refractivity contribution is 5.79. The second-order valence-corrected chi connectivity index (χ2v) is 24.1. The number of carbonyl (C=O) groups is 1. The van der Waals surface area contributed by atoms with Gasteiger partial charge in [-0.2, -0.15) is 0 Å². The van der Waals surface area contributed by atoms with Crippen molar-refractivity contribution in [2.75, 3.05) is 19.8 Å². The van der Waals surface area contributed by atoms with Crippen LogP contribution in [0.5, 0.6) is 0 Å². The summed E-state index contributed by atoms with van der Waals surface area (Å²) >= 11 is 0. The predicted molar refractivity (Wildman–Crippen MR) is 246 cm³/mol. The van der Waals surface area contributed by atoms with Crippen molar-refractivity contribution in [2.45, 2.75) is 229 Å². The van der Waals surface area contributed by atoms with Crippen LogP contribution < -0.4 is 0 Å². The summed E-state index contributed by atoms with van der Waals surface area (Å²) in [5, 5.41) is 127. The van der Waals surface area contributed by atoms with Crippen LogP contribution in [0.1, 0.15) is 106 Å². The Hall–Kier alpha value is -1.55. The predicted octanol–water partition coefficient (Wildman–Crippen LogP) is -1.15. The Morgan fingerprint density at radius 1 is 0.625 bits per heavy atom. The van der Waals surface area contributed by atoms with Gasteiger partial charge in [0.05, 0.1) is 37.4 Å². The molecule has 9 aliphatic rings. The van der Waals surface area contributed by atoms with Crippen molar-refractivity contribution in [3.8, 4) is 0 Å². The molecule has 5 unspecified atom stereocenters. The van der Waals surface area contributed by atoms with Gasteiger partial charge in [-0.05, 0) is 104 Å². The molecular formula is C51H82O21. The second-order valence-electron chi connectivity index (χ2n) is 24.1. The summed E-state index contributed by atoms with van der Waals surface area (Å²) < 4.78 is 48.8. The van der Waals surface area contributed by atoms with Crippen LogP contribution in [0.15, 0.2) is 11.6 Å². The number of fused-ring (bicyclic) bond motifs is 7. The number of aliphatic hydroxyl groups is 12. The summed E-state index contributed by atoms with van der Waals surface area (Å²) in [5.74, 6) is 0.300. The van der Waals surface area contributed by atoms with Crippen molar-refractivity contribution in [1.29, 1.82) is 0 Å². The van der Waals surface area contributed by atoms with E-state index in [-0.39, 0.29) is 35.2 Å². The Morgan fingerprint density at radius 2 is 1.22 bits per heavy atom. The summed E-state index contributed by atoms with van der Waals surface area (Å²) in [7, 11) is 0. The van der Waals surface area contributed by atoms with Gasteiger partial charge in [-0.1, -0.05) is 59.1 Å². The van der Waals surface area contributed by atoms with Gasteiger partial charge in [0.15, 0.2) is 18.9 Å². The molecule has 9 rings (SSSR count). The smallest absolute Gasteiger partial charge is 0.315 e. The minimum absolute atomic E-state index is 0.121. The largest absolute Gasteiger partial charge is 0.432 e. The van der Waals surface area contributed by atoms with E-state index in [2.05, 4.69) is 40.7 Å². The SMILES string of the molecule is C[C@@H]1O[C@@H](O[C@H]2[C@H](OC3CC[C@]4(C)C5CC=C6C7[C@@H](C)CCC[C@]7(C(=O)O[C@@H]7O[C@H](CO)[C@@H](O)[C@H](O)[C@H]7O)CC[C@@]6(C)C5CCC4C3(C)C)OC[C@H](O)[C@@H]2O[C@@H]2O[C@H](CO)[C@@H](O)[C@H](O)[C@H]2O)[C@H](O)[C@H](O)[C@H]1O. The number of hydrogen-bond donors (Lipinski definition) is 12. The molecule has 12 N–H and O–H groups in total. The first kappa shape index (κ1) is 55.2. The fourth-order valence-corrected chi connectivity index (χ4v) is 15.8. The van der Waals surface area contributed by atoms with Crippen LogP contribution in [0.3, 0.4) is 0 Å². The van der Waals surface area contributed by atoms with Gasteiger partial charge in [0.2, 0.25) is 6.29 Å². The highest BCUT2D eigenvalue weighted by Crippen LogP contribution is 2.72. The number of rotatable bonds is 10. The van der Waals surface area contributed by atoms with Gasteiger partial charge in [-0.25, -0.2) is 0 Å². The molecule has 0 spiro atoms. The average Bonchev–Trinajstić information content (AvgIpc) is 3.35. The highest BCUT2D eigenvalue weighted by Gasteiger charge is 2.67. The first-order valence-electron chi connectivity index (χ1n) is 26.4. The molecule has 8 fully saturated rings. The van der Waals surface area contributed by atoms with Gasteiger partial charge >= 0.3 is 5.97 Å². The van der Waals surface area contributed by atoms with Crippen molar-refractivity contribution < 1.29 is 104 Å². The van der Waals surface area contributed by atoms with Crippen LogP contribution in [0, 0.1) is 51.2 Å². The molecule has 4 aliphatic heterocycles.